The second kappa shape index (κ2) is 8.54. The van der Waals surface area contributed by atoms with Gasteiger partial charge in [0.05, 0.1) is 17.5 Å². The van der Waals surface area contributed by atoms with Gasteiger partial charge in [0, 0.05) is 41.7 Å². The van der Waals surface area contributed by atoms with Crippen LogP contribution in [0.1, 0.15) is 28.8 Å². The van der Waals surface area contributed by atoms with Gasteiger partial charge in [-0.2, -0.15) is 0 Å². The minimum absolute atomic E-state index is 0.00153. The topological polar surface area (TPSA) is 71.4 Å². The number of benzene rings is 3. The van der Waals surface area contributed by atoms with Crippen LogP contribution >= 0.6 is 0 Å². The van der Waals surface area contributed by atoms with Crippen LogP contribution in [-0.4, -0.2) is 35.0 Å². The molecule has 0 bridgehead atoms. The molecule has 1 saturated heterocycles. The third-order valence-electron chi connectivity index (χ3n) is 8.16. The van der Waals surface area contributed by atoms with Crippen LogP contribution in [0.5, 0.6) is 5.75 Å². The minimum Gasteiger partial charge on any atom is -0.497 e. The maximum atomic E-state index is 11.3. The van der Waals surface area contributed by atoms with Crippen LogP contribution in [0.4, 0.5) is 5.69 Å². The third kappa shape index (κ3) is 3.78. The van der Waals surface area contributed by atoms with Crippen molar-refractivity contribution in [2.75, 3.05) is 20.2 Å². The van der Waals surface area contributed by atoms with Crippen LogP contribution in [0, 0.1) is 16.0 Å². The van der Waals surface area contributed by atoms with E-state index in [1.165, 1.54) is 22.4 Å². The van der Waals surface area contributed by atoms with Crippen molar-refractivity contribution in [2.24, 2.45) is 5.92 Å². The van der Waals surface area contributed by atoms with Gasteiger partial charge < -0.3 is 9.72 Å². The summed E-state index contributed by atoms with van der Waals surface area (Å²) in [6, 6.07) is 24.5. The first-order chi connectivity index (χ1) is 17.1. The first-order valence-electron chi connectivity index (χ1n) is 12.2. The van der Waals surface area contributed by atoms with E-state index in [-0.39, 0.29) is 16.0 Å². The molecule has 6 nitrogen and oxygen atoms in total. The summed E-state index contributed by atoms with van der Waals surface area (Å²) in [4.78, 5) is 17.2. The van der Waals surface area contributed by atoms with E-state index in [0.29, 0.717) is 5.92 Å². The summed E-state index contributed by atoms with van der Waals surface area (Å²) in [5.74, 6) is 1.33. The van der Waals surface area contributed by atoms with E-state index >= 15 is 0 Å². The molecule has 0 amide bonds. The molecule has 2 heterocycles. The minimum atomic E-state index is -0.321. The van der Waals surface area contributed by atoms with Crippen molar-refractivity contribution in [3.05, 3.63) is 105 Å². The number of hydrogen-bond acceptors (Lipinski definition) is 4. The van der Waals surface area contributed by atoms with Gasteiger partial charge in [-0.3, -0.25) is 15.0 Å². The third-order valence-corrected chi connectivity index (χ3v) is 8.16. The zero-order valence-electron chi connectivity index (χ0n) is 19.9. The van der Waals surface area contributed by atoms with Crippen molar-refractivity contribution < 1.29 is 9.66 Å². The Morgan fingerprint density at radius 1 is 1.11 bits per heavy atom. The molecule has 35 heavy (non-hydrogen) atoms. The van der Waals surface area contributed by atoms with Crippen molar-refractivity contribution in [1.82, 2.24) is 9.88 Å². The highest BCUT2D eigenvalue weighted by atomic mass is 16.6. The Bertz CT molecular complexity index is 1400. The van der Waals surface area contributed by atoms with E-state index in [0.717, 1.165) is 55.5 Å². The Hall–Kier alpha value is -3.64. The lowest BCUT2D eigenvalue weighted by Gasteiger charge is -2.51. The molecule has 0 spiro atoms. The molecule has 1 fully saturated rings. The molecule has 1 aliphatic heterocycles. The Balaban J connectivity index is 1.41. The fraction of sp³-hybridized carbons (Fsp3) is 0.310. The zero-order valence-corrected chi connectivity index (χ0v) is 19.9. The van der Waals surface area contributed by atoms with Crippen LogP contribution in [0.25, 0.3) is 10.9 Å². The van der Waals surface area contributed by atoms with Gasteiger partial charge in [0.15, 0.2) is 0 Å². The van der Waals surface area contributed by atoms with Crippen LogP contribution in [0.2, 0.25) is 0 Å². The van der Waals surface area contributed by atoms with Crippen molar-refractivity contribution in [3.63, 3.8) is 0 Å². The van der Waals surface area contributed by atoms with Gasteiger partial charge in [0.25, 0.3) is 5.69 Å². The fourth-order valence-electron chi connectivity index (χ4n) is 6.39. The summed E-state index contributed by atoms with van der Waals surface area (Å²) in [7, 11) is 1.72. The first kappa shape index (κ1) is 21.9. The van der Waals surface area contributed by atoms with Gasteiger partial charge in [0.2, 0.25) is 0 Å². The lowest BCUT2D eigenvalue weighted by molar-refractivity contribution is -0.384. The molecule has 178 valence electrons. The summed E-state index contributed by atoms with van der Waals surface area (Å²) in [5.41, 5.74) is 6.21. The van der Waals surface area contributed by atoms with E-state index in [9.17, 15) is 10.1 Å². The molecular weight excluding hydrogens is 438 g/mol. The van der Waals surface area contributed by atoms with Crippen molar-refractivity contribution in [1.29, 1.82) is 0 Å². The van der Waals surface area contributed by atoms with Crippen LogP contribution in [-0.2, 0) is 24.8 Å². The number of nitro benzene ring substituents is 1. The number of nitro groups is 1. The van der Waals surface area contributed by atoms with E-state index in [1.807, 2.05) is 12.1 Å². The Labute approximate surface area is 204 Å². The molecule has 6 rings (SSSR count). The predicted molar refractivity (Wildman–Crippen MR) is 137 cm³/mol. The first-order valence-corrected chi connectivity index (χ1v) is 12.2. The van der Waals surface area contributed by atoms with Crippen LogP contribution < -0.4 is 4.74 Å². The highest BCUT2D eigenvalue weighted by molar-refractivity contribution is 5.87. The lowest BCUT2D eigenvalue weighted by atomic mass is 9.58. The summed E-state index contributed by atoms with van der Waals surface area (Å²) in [6.45, 7) is 3.01. The number of piperidine rings is 1. The standard InChI is InChI=1S/C29H29N3O3/c1-35-24-9-5-8-21(14-24)29-12-13-31(18-20-6-3-2-4-7-20)19-22(29)15-26-25-11-10-23(32(33)34)16-27(25)30-28(26)17-29/h2-11,14,16,22,30H,12-13,15,17-19H2,1H3/t22?,29-/m0/s1. The smallest absolute Gasteiger partial charge is 0.271 e. The number of H-pyrrole nitrogens is 1. The Morgan fingerprint density at radius 3 is 2.77 bits per heavy atom. The van der Waals surface area contributed by atoms with Crippen molar-refractivity contribution >= 4 is 16.6 Å². The van der Waals surface area contributed by atoms with E-state index in [4.69, 9.17) is 4.74 Å². The molecule has 0 radical (unpaired) electrons. The number of fused-ring (bicyclic) bond motifs is 4. The van der Waals surface area contributed by atoms with Crippen LogP contribution in [0.15, 0.2) is 72.8 Å². The number of nitrogens with zero attached hydrogens (tertiary/aromatic N) is 2. The van der Waals surface area contributed by atoms with Crippen molar-refractivity contribution in [2.45, 2.75) is 31.2 Å². The summed E-state index contributed by atoms with van der Waals surface area (Å²) in [6.07, 6.45) is 2.92. The number of non-ortho nitro benzene ring substituents is 1. The number of hydrogen-bond donors (Lipinski definition) is 1. The number of aromatic nitrogens is 1. The van der Waals surface area contributed by atoms with Crippen LogP contribution in [0.3, 0.4) is 0 Å². The fourth-order valence-corrected chi connectivity index (χ4v) is 6.39. The van der Waals surface area contributed by atoms with Crippen molar-refractivity contribution in [3.8, 4) is 5.75 Å². The van der Waals surface area contributed by atoms with Gasteiger partial charge in [-0.25, -0.2) is 0 Å². The summed E-state index contributed by atoms with van der Waals surface area (Å²) in [5, 5.41) is 12.5. The molecular formula is C29H29N3O3. The molecule has 1 unspecified atom stereocenters. The second-order valence-electron chi connectivity index (χ2n) is 10.0. The van der Waals surface area contributed by atoms with Gasteiger partial charge >= 0.3 is 0 Å². The van der Waals surface area contributed by atoms with Gasteiger partial charge in [-0.05, 0) is 66.6 Å². The largest absolute Gasteiger partial charge is 0.497 e. The number of ether oxygens (including phenoxy) is 1. The summed E-state index contributed by atoms with van der Waals surface area (Å²) < 4.78 is 5.59. The molecule has 2 atom stereocenters. The van der Waals surface area contributed by atoms with Gasteiger partial charge in [-0.15, -0.1) is 0 Å². The molecule has 3 aromatic carbocycles. The average molecular weight is 468 g/mol. The molecule has 0 saturated carbocycles. The molecule has 4 aromatic rings. The van der Waals surface area contributed by atoms with Gasteiger partial charge in [0.1, 0.15) is 5.75 Å². The second-order valence-corrected chi connectivity index (χ2v) is 10.0. The molecule has 1 aromatic heterocycles. The maximum absolute atomic E-state index is 11.3. The normalized spacial score (nSPS) is 21.9. The van der Waals surface area contributed by atoms with E-state index in [1.54, 1.807) is 19.2 Å². The van der Waals surface area contributed by atoms with E-state index < -0.39 is 0 Å². The number of methoxy groups -OCH3 is 1. The molecule has 1 aliphatic carbocycles. The van der Waals surface area contributed by atoms with E-state index in [2.05, 4.69) is 58.4 Å². The highest BCUT2D eigenvalue weighted by Crippen LogP contribution is 2.50. The molecule has 1 N–H and O–H groups in total. The number of nitrogens with one attached hydrogen (secondary N) is 1. The maximum Gasteiger partial charge on any atom is 0.271 e. The number of aromatic amines is 1. The Morgan fingerprint density at radius 2 is 1.97 bits per heavy atom. The number of rotatable bonds is 5. The Kier molecular flexibility index (Phi) is 5.33. The predicted octanol–water partition coefficient (Wildman–Crippen LogP) is 5.64. The highest BCUT2D eigenvalue weighted by Gasteiger charge is 2.48. The molecule has 2 aliphatic rings. The lowest BCUT2D eigenvalue weighted by Crippen LogP contribution is -2.53. The monoisotopic (exact) mass is 467 g/mol. The quantitative estimate of drug-likeness (QED) is 0.304. The average Bonchev–Trinajstić information content (AvgIpc) is 3.24. The summed E-state index contributed by atoms with van der Waals surface area (Å²) >= 11 is 0. The molecule has 6 heteroatoms. The SMILES string of the molecule is COc1cccc([C@@]23CCN(Cc4ccccc4)CC2Cc2c([nH]c4cc([N+](=O)[O-])ccc24)C3)c1. The zero-order chi connectivity index (χ0) is 24.0. The van der Waals surface area contributed by atoms with Gasteiger partial charge in [-0.1, -0.05) is 42.5 Å². The number of likely N-dealkylation sites (tertiary alicyclic amines) is 1.